The summed E-state index contributed by atoms with van der Waals surface area (Å²) in [5, 5.41) is 10.0. The van der Waals surface area contributed by atoms with Gasteiger partial charge < -0.3 is 24.4 Å². The lowest BCUT2D eigenvalue weighted by molar-refractivity contribution is -0.156. The van der Waals surface area contributed by atoms with Crippen LogP contribution in [0.4, 0.5) is 0 Å². The summed E-state index contributed by atoms with van der Waals surface area (Å²) >= 11 is 0. The van der Waals surface area contributed by atoms with Crippen molar-refractivity contribution in [2.75, 3.05) is 33.9 Å². The van der Waals surface area contributed by atoms with Crippen molar-refractivity contribution in [2.45, 2.75) is 18.4 Å². The molecular weight excluding hydrogens is 472 g/mol. The Morgan fingerprint density at radius 2 is 1.46 bits per heavy atom. The molecule has 1 unspecified atom stereocenters. The van der Waals surface area contributed by atoms with Crippen LogP contribution in [0, 0.1) is 0 Å². The van der Waals surface area contributed by atoms with E-state index in [9.17, 15) is 19.5 Å². The van der Waals surface area contributed by atoms with Crippen LogP contribution in [0.2, 0.25) is 0 Å². The quantitative estimate of drug-likeness (QED) is 0.508. The highest BCUT2D eigenvalue weighted by Gasteiger charge is 2.40. The first-order valence-corrected chi connectivity index (χ1v) is 12.0. The number of rotatable bonds is 8. The number of aliphatic carboxylic acids is 1. The smallest absolute Gasteiger partial charge is 0.328 e. The van der Waals surface area contributed by atoms with Crippen LogP contribution in [-0.4, -0.2) is 72.6 Å². The summed E-state index contributed by atoms with van der Waals surface area (Å²) in [5.74, 6) is -1.22. The highest BCUT2D eigenvalue weighted by molar-refractivity contribution is 5.91. The van der Waals surface area contributed by atoms with Gasteiger partial charge in [0.1, 0.15) is 6.04 Å². The number of amides is 2. The fourth-order valence-electron chi connectivity index (χ4n) is 4.70. The molecule has 4 rings (SSSR count). The maximum Gasteiger partial charge on any atom is 0.328 e. The fourth-order valence-corrected chi connectivity index (χ4v) is 4.70. The third kappa shape index (κ3) is 5.74. The van der Waals surface area contributed by atoms with Crippen molar-refractivity contribution in [1.82, 2.24) is 9.80 Å². The van der Waals surface area contributed by atoms with E-state index in [2.05, 4.69) is 0 Å². The molecule has 0 bridgehead atoms. The predicted molar refractivity (Wildman–Crippen MR) is 138 cm³/mol. The molecule has 1 heterocycles. The number of benzene rings is 3. The summed E-state index contributed by atoms with van der Waals surface area (Å²) in [6.07, 6.45) is 0.0807. The van der Waals surface area contributed by atoms with Gasteiger partial charge in [0.15, 0.2) is 11.5 Å². The maximum absolute atomic E-state index is 13.8. The van der Waals surface area contributed by atoms with E-state index in [1.165, 1.54) is 24.0 Å². The molecule has 1 aliphatic heterocycles. The Balaban J connectivity index is 1.53. The predicted octanol–water partition coefficient (Wildman–Crippen LogP) is 3.20. The summed E-state index contributed by atoms with van der Waals surface area (Å²) in [4.78, 5) is 42.1. The molecule has 0 radical (unpaired) electrons. The van der Waals surface area contributed by atoms with Crippen LogP contribution in [0.25, 0.3) is 0 Å². The second-order valence-corrected chi connectivity index (χ2v) is 8.85. The van der Waals surface area contributed by atoms with Gasteiger partial charge in [-0.15, -0.1) is 0 Å². The second-order valence-electron chi connectivity index (χ2n) is 8.85. The van der Waals surface area contributed by atoms with Crippen molar-refractivity contribution in [2.24, 2.45) is 0 Å². The van der Waals surface area contributed by atoms with Gasteiger partial charge in [-0.2, -0.15) is 0 Å². The van der Waals surface area contributed by atoms with Crippen LogP contribution in [0.3, 0.4) is 0 Å². The Hall–Kier alpha value is -4.33. The lowest BCUT2D eigenvalue weighted by Crippen LogP contribution is -2.60. The van der Waals surface area contributed by atoms with E-state index in [1.54, 1.807) is 18.2 Å². The minimum absolute atomic E-state index is 0.0799. The van der Waals surface area contributed by atoms with Gasteiger partial charge in [-0.25, -0.2) is 4.79 Å². The minimum atomic E-state index is -1.15. The van der Waals surface area contributed by atoms with Crippen molar-refractivity contribution >= 4 is 17.8 Å². The third-order valence-corrected chi connectivity index (χ3v) is 6.62. The molecule has 8 heteroatoms. The molecule has 0 aliphatic carbocycles. The maximum atomic E-state index is 13.8. The second kappa shape index (κ2) is 11.6. The highest BCUT2D eigenvalue weighted by Crippen LogP contribution is 2.30. The molecule has 2 amide bonds. The monoisotopic (exact) mass is 502 g/mol. The summed E-state index contributed by atoms with van der Waals surface area (Å²) in [6.45, 7) is 0.297. The van der Waals surface area contributed by atoms with Gasteiger partial charge in [0, 0.05) is 13.1 Å². The molecule has 192 valence electrons. The van der Waals surface area contributed by atoms with E-state index >= 15 is 0 Å². The fraction of sp³-hybridized carbons (Fsp3) is 0.276. The van der Waals surface area contributed by atoms with E-state index in [0.717, 1.165) is 16.7 Å². The number of hydrogen-bond acceptors (Lipinski definition) is 5. The Kier molecular flexibility index (Phi) is 8.08. The van der Waals surface area contributed by atoms with Crippen LogP contribution in [0.15, 0.2) is 78.9 Å². The third-order valence-electron chi connectivity index (χ3n) is 6.62. The Labute approximate surface area is 216 Å². The highest BCUT2D eigenvalue weighted by atomic mass is 16.5. The van der Waals surface area contributed by atoms with Crippen LogP contribution in [0.5, 0.6) is 11.5 Å². The molecule has 3 aromatic carbocycles. The number of ether oxygens (including phenoxy) is 2. The summed E-state index contributed by atoms with van der Waals surface area (Å²) < 4.78 is 10.6. The van der Waals surface area contributed by atoms with Gasteiger partial charge in [0.05, 0.1) is 33.1 Å². The topological polar surface area (TPSA) is 96.4 Å². The molecule has 3 aromatic rings. The number of piperazine rings is 1. The van der Waals surface area contributed by atoms with Gasteiger partial charge in [-0.1, -0.05) is 66.7 Å². The van der Waals surface area contributed by atoms with Crippen molar-refractivity contribution in [1.29, 1.82) is 0 Å². The van der Waals surface area contributed by atoms with Crippen molar-refractivity contribution in [3.05, 3.63) is 95.6 Å². The zero-order chi connectivity index (χ0) is 26.4. The van der Waals surface area contributed by atoms with Crippen LogP contribution >= 0.6 is 0 Å². The number of methoxy groups -OCH3 is 2. The van der Waals surface area contributed by atoms with Crippen LogP contribution < -0.4 is 9.47 Å². The molecule has 0 aromatic heterocycles. The largest absolute Gasteiger partial charge is 0.493 e. The van der Waals surface area contributed by atoms with E-state index in [1.807, 2.05) is 60.7 Å². The SMILES string of the molecule is COc1ccc(CC(=O)N2CCN(C(=O)C(c3ccccc3)c3ccccc3)C(C(=O)O)C2)cc1OC. The van der Waals surface area contributed by atoms with Crippen molar-refractivity contribution < 1.29 is 29.0 Å². The van der Waals surface area contributed by atoms with E-state index in [4.69, 9.17) is 9.47 Å². The van der Waals surface area contributed by atoms with E-state index in [0.29, 0.717) is 11.5 Å². The van der Waals surface area contributed by atoms with E-state index in [-0.39, 0.29) is 37.9 Å². The first kappa shape index (κ1) is 25.8. The van der Waals surface area contributed by atoms with Gasteiger partial charge in [0.25, 0.3) is 0 Å². The van der Waals surface area contributed by atoms with Crippen molar-refractivity contribution in [3.63, 3.8) is 0 Å². The van der Waals surface area contributed by atoms with Gasteiger partial charge in [0.2, 0.25) is 11.8 Å². The van der Waals surface area contributed by atoms with Gasteiger partial charge >= 0.3 is 5.97 Å². The zero-order valence-corrected chi connectivity index (χ0v) is 20.9. The molecule has 1 aliphatic rings. The van der Waals surface area contributed by atoms with Crippen LogP contribution in [-0.2, 0) is 20.8 Å². The number of nitrogens with zero attached hydrogens (tertiary/aromatic N) is 2. The lowest BCUT2D eigenvalue weighted by Gasteiger charge is -2.41. The summed E-state index contributed by atoms with van der Waals surface area (Å²) in [6, 6.07) is 22.7. The number of carboxylic acids is 1. The average molecular weight is 503 g/mol. The first-order valence-electron chi connectivity index (χ1n) is 12.0. The lowest BCUT2D eigenvalue weighted by atomic mass is 9.89. The molecule has 1 atom stereocenters. The average Bonchev–Trinajstić information content (AvgIpc) is 2.93. The number of carboxylic acid groups (broad SMARTS) is 1. The standard InChI is InChI=1S/C29H30N2O6/c1-36-24-14-13-20(17-25(24)37-2)18-26(32)30-15-16-31(23(19-30)29(34)35)28(33)27(21-9-5-3-6-10-21)22-11-7-4-8-12-22/h3-14,17,23,27H,15-16,18-19H2,1-2H3,(H,34,35). The zero-order valence-electron chi connectivity index (χ0n) is 20.9. The molecule has 8 nitrogen and oxygen atoms in total. The first-order chi connectivity index (χ1) is 17.9. The minimum Gasteiger partial charge on any atom is -0.493 e. The summed E-state index contributed by atoms with van der Waals surface area (Å²) in [7, 11) is 3.06. The molecule has 1 saturated heterocycles. The molecular formula is C29H30N2O6. The number of hydrogen-bond donors (Lipinski definition) is 1. The molecule has 1 N–H and O–H groups in total. The number of carbonyl (C=O) groups excluding carboxylic acids is 2. The molecule has 0 spiro atoms. The van der Waals surface area contributed by atoms with Gasteiger partial charge in [-0.05, 0) is 28.8 Å². The Morgan fingerprint density at radius 3 is 2.00 bits per heavy atom. The number of carbonyl (C=O) groups is 3. The Bertz CT molecular complexity index is 1210. The molecule has 0 saturated carbocycles. The van der Waals surface area contributed by atoms with Crippen LogP contribution in [0.1, 0.15) is 22.6 Å². The molecule has 1 fully saturated rings. The molecule has 37 heavy (non-hydrogen) atoms. The normalized spacial score (nSPS) is 15.4. The van der Waals surface area contributed by atoms with Gasteiger partial charge in [-0.3, -0.25) is 9.59 Å². The Morgan fingerprint density at radius 1 is 0.865 bits per heavy atom. The van der Waals surface area contributed by atoms with E-state index < -0.39 is 17.9 Å². The van der Waals surface area contributed by atoms with Crippen molar-refractivity contribution in [3.8, 4) is 11.5 Å². The summed E-state index contributed by atoms with van der Waals surface area (Å²) in [5.41, 5.74) is 2.30.